The van der Waals surface area contributed by atoms with Crippen LogP contribution >= 0.6 is 34.5 Å². The van der Waals surface area contributed by atoms with Crippen LogP contribution in [0.5, 0.6) is 0 Å². The third kappa shape index (κ3) is 2.27. The monoisotopic (exact) mass is 304 g/mol. The molecular weight excluding hydrogens is 291 g/mol. The highest BCUT2D eigenvalue weighted by molar-refractivity contribution is 7.20. The topological polar surface area (TPSA) is 32.3 Å². The highest BCUT2D eigenvalue weighted by atomic mass is 35.5. The molecule has 3 rings (SSSR count). The molecule has 3 heterocycles. The van der Waals surface area contributed by atoms with Gasteiger partial charge in [0.25, 0.3) is 5.91 Å². The SMILES string of the molecule is O=C(c1cc(Cl)sc1Cl)N1C[C@@H]2CCCN[C@@H]2C1. The van der Waals surface area contributed by atoms with E-state index in [0.29, 0.717) is 26.2 Å². The number of amides is 1. The molecule has 2 aliphatic heterocycles. The van der Waals surface area contributed by atoms with Crippen molar-refractivity contribution >= 4 is 40.4 Å². The van der Waals surface area contributed by atoms with Crippen LogP contribution in [0.2, 0.25) is 8.67 Å². The summed E-state index contributed by atoms with van der Waals surface area (Å²) < 4.78 is 1.06. The van der Waals surface area contributed by atoms with E-state index in [-0.39, 0.29) is 5.91 Å². The Balaban J connectivity index is 1.76. The minimum absolute atomic E-state index is 0.0133. The van der Waals surface area contributed by atoms with Gasteiger partial charge in [-0.15, -0.1) is 11.3 Å². The maximum atomic E-state index is 12.4. The second-order valence-corrected chi connectivity index (χ2v) is 7.20. The Bertz CT molecular complexity index is 463. The summed E-state index contributed by atoms with van der Waals surface area (Å²) in [7, 11) is 0. The van der Waals surface area contributed by atoms with E-state index in [1.165, 1.54) is 24.2 Å². The Morgan fingerprint density at radius 2 is 2.28 bits per heavy atom. The van der Waals surface area contributed by atoms with E-state index in [2.05, 4.69) is 5.32 Å². The quantitative estimate of drug-likeness (QED) is 0.865. The van der Waals surface area contributed by atoms with E-state index in [1.807, 2.05) is 4.90 Å². The summed E-state index contributed by atoms with van der Waals surface area (Å²) in [4.78, 5) is 14.3. The number of fused-ring (bicyclic) bond motifs is 1. The van der Waals surface area contributed by atoms with Gasteiger partial charge in [0.1, 0.15) is 4.34 Å². The molecule has 2 saturated heterocycles. The van der Waals surface area contributed by atoms with Gasteiger partial charge in [-0.05, 0) is 31.4 Å². The molecule has 1 aromatic heterocycles. The Labute approximate surface area is 120 Å². The summed E-state index contributed by atoms with van der Waals surface area (Å²) in [6.07, 6.45) is 2.41. The van der Waals surface area contributed by atoms with Crippen LogP contribution < -0.4 is 5.32 Å². The smallest absolute Gasteiger partial charge is 0.256 e. The highest BCUT2D eigenvalue weighted by Crippen LogP contribution is 2.33. The fourth-order valence-electron chi connectivity index (χ4n) is 2.87. The third-order valence-electron chi connectivity index (χ3n) is 3.77. The van der Waals surface area contributed by atoms with Crippen LogP contribution in [0.4, 0.5) is 0 Å². The lowest BCUT2D eigenvalue weighted by atomic mass is 9.94. The fraction of sp³-hybridized carbons (Fsp3) is 0.583. The molecule has 1 aromatic rings. The van der Waals surface area contributed by atoms with E-state index >= 15 is 0 Å². The van der Waals surface area contributed by atoms with Gasteiger partial charge < -0.3 is 10.2 Å². The molecule has 1 N–H and O–H groups in total. The minimum atomic E-state index is 0.0133. The summed E-state index contributed by atoms with van der Waals surface area (Å²) in [5.74, 6) is 0.606. The van der Waals surface area contributed by atoms with E-state index in [0.717, 1.165) is 19.6 Å². The zero-order chi connectivity index (χ0) is 12.7. The molecule has 3 nitrogen and oxygen atoms in total. The van der Waals surface area contributed by atoms with Gasteiger partial charge in [0, 0.05) is 19.1 Å². The predicted octanol–water partition coefficient (Wildman–Crippen LogP) is 2.88. The van der Waals surface area contributed by atoms with Crippen molar-refractivity contribution in [2.24, 2.45) is 5.92 Å². The Hall–Kier alpha value is -0.290. The van der Waals surface area contributed by atoms with Gasteiger partial charge in [-0.2, -0.15) is 0 Å². The number of likely N-dealkylation sites (tertiary alicyclic amines) is 1. The van der Waals surface area contributed by atoms with Crippen molar-refractivity contribution in [3.8, 4) is 0 Å². The lowest BCUT2D eigenvalue weighted by Crippen LogP contribution is -2.41. The zero-order valence-corrected chi connectivity index (χ0v) is 12.1. The molecule has 2 aliphatic rings. The third-order valence-corrected chi connectivity index (χ3v) is 5.26. The lowest BCUT2D eigenvalue weighted by molar-refractivity contribution is 0.0786. The second kappa shape index (κ2) is 5.00. The number of nitrogens with zero attached hydrogens (tertiary/aromatic N) is 1. The molecule has 0 radical (unpaired) electrons. The number of carbonyl (C=O) groups is 1. The van der Waals surface area contributed by atoms with Crippen LogP contribution in [-0.2, 0) is 0 Å². The molecule has 98 valence electrons. The maximum absolute atomic E-state index is 12.4. The molecule has 6 heteroatoms. The molecule has 0 unspecified atom stereocenters. The van der Waals surface area contributed by atoms with E-state index in [4.69, 9.17) is 23.2 Å². The van der Waals surface area contributed by atoms with Crippen molar-refractivity contribution in [1.82, 2.24) is 10.2 Å². The van der Waals surface area contributed by atoms with Crippen LogP contribution in [0.1, 0.15) is 23.2 Å². The second-order valence-electron chi connectivity index (χ2n) is 4.91. The number of piperidine rings is 1. The van der Waals surface area contributed by atoms with Gasteiger partial charge in [0.15, 0.2) is 0 Å². The number of hydrogen-bond acceptors (Lipinski definition) is 3. The largest absolute Gasteiger partial charge is 0.337 e. The average Bonchev–Trinajstić information content (AvgIpc) is 2.91. The molecule has 0 aliphatic carbocycles. The van der Waals surface area contributed by atoms with Crippen LogP contribution in [-0.4, -0.2) is 36.5 Å². The molecule has 0 spiro atoms. The van der Waals surface area contributed by atoms with Gasteiger partial charge in [0.2, 0.25) is 0 Å². The van der Waals surface area contributed by atoms with Gasteiger partial charge in [-0.3, -0.25) is 4.79 Å². The fourth-order valence-corrected chi connectivity index (χ4v) is 4.32. The van der Waals surface area contributed by atoms with Crippen LogP contribution in [0.15, 0.2) is 6.07 Å². The first-order valence-electron chi connectivity index (χ1n) is 6.12. The van der Waals surface area contributed by atoms with Crippen molar-refractivity contribution in [1.29, 1.82) is 0 Å². The summed E-state index contributed by atoms with van der Waals surface area (Å²) >= 11 is 13.2. The number of thiophene rings is 1. The van der Waals surface area contributed by atoms with Gasteiger partial charge in [-0.1, -0.05) is 23.2 Å². The maximum Gasteiger partial charge on any atom is 0.256 e. The molecule has 0 bridgehead atoms. The number of hydrogen-bond donors (Lipinski definition) is 1. The molecule has 0 saturated carbocycles. The van der Waals surface area contributed by atoms with Gasteiger partial charge >= 0.3 is 0 Å². The summed E-state index contributed by atoms with van der Waals surface area (Å²) in [6, 6.07) is 2.13. The number of halogens is 2. The standard InChI is InChI=1S/C12H14Cl2N2OS/c13-10-4-8(11(14)18-10)12(17)16-5-7-2-1-3-15-9(7)6-16/h4,7,9,15H,1-3,5-6H2/t7-,9+/m0/s1. The molecular formula is C12H14Cl2N2OS. The first-order valence-corrected chi connectivity index (χ1v) is 7.70. The van der Waals surface area contributed by atoms with Crippen molar-refractivity contribution in [2.75, 3.05) is 19.6 Å². The Kier molecular flexibility index (Phi) is 3.54. The van der Waals surface area contributed by atoms with Crippen molar-refractivity contribution in [2.45, 2.75) is 18.9 Å². The number of rotatable bonds is 1. The van der Waals surface area contributed by atoms with E-state index in [9.17, 15) is 4.79 Å². The molecule has 0 aromatic carbocycles. The lowest BCUT2D eigenvalue weighted by Gasteiger charge is -2.24. The predicted molar refractivity (Wildman–Crippen MR) is 74.8 cm³/mol. The molecule has 18 heavy (non-hydrogen) atoms. The Morgan fingerprint density at radius 3 is 2.94 bits per heavy atom. The number of nitrogens with one attached hydrogen (secondary N) is 1. The van der Waals surface area contributed by atoms with E-state index < -0.39 is 0 Å². The molecule has 1 amide bonds. The molecule has 2 fully saturated rings. The first kappa shape index (κ1) is 12.7. The van der Waals surface area contributed by atoms with Crippen molar-refractivity contribution in [3.05, 3.63) is 20.3 Å². The van der Waals surface area contributed by atoms with Gasteiger partial charge in [-0.25, -0.2) is 0 Å². The normalized spacial score (nSPS) is 27.3. The van der Waals surface area contributed by atoms with E-state index in [1.54, 1.807) is 6.07 Å². The highest BCUT2D eigenvalue weighted by Gasteiger charge is 2.37. The zero-order valence-electron chi connectivity index (χ0n) is 9.79. The average molecular weight is 305 g/mol. The summed E-state index contributed by atoms with van der Waals surface area (Å²) in [5.41, 5.74) is 0.547. The van der Waals surface area contributed by atoms with Crippen molar-refractivity contribution in [3.63, 3.8) is 0 Å². The first-order chi connectivity index (χ1) is 8.65. The van der Waals surface area contributed by atoms with Crippen molar-refractivity contribution < 1.29 is 4.79 Å². The Morgan fingerprint density at radius 1 is 1.44 bits per heavy atom. The summed E-state index contributed by atoms with van der Waals surface area (Å²) in [5, 5.41) is 3.49. The molecule has 2 atom stereocenters. The minimum Gasteiger partial charge on any atom is -0.337 e. The summed E-state index contributed by atoms with van der Waals surface area (Å²) in [6.45, 7) is 2.68. The van der Waals surface area contributed by atoms with Crippen LogP contribution in [0.3, 0.4) is 0 Å². The van der Waals surface area contributed by atoms with Crippen LogP contribution in [0, 0.1) is 5.92 Å². The van der Waals surface area contributed by atoms with Crippen LogP contribution in [0.25, 0.3) is 0 Å². The van der Waals surface area contributed by atoms with Gasteiger partial charge in [0.05, 0.1) is 9.90 Å². The number of carbonyl (C=O) groups excluding carboxylic acids is 1.